The average molecular weight is 208 g/mol. The van der Waals surface area contributed by atoms with Crippen LogP contribution >= 0.6 is 0 Å². The molecular formula is C12H20N2O. The maximum absolute atomic E-state index is 5.75. The van der Waals surface area contributed by atoms with Crippen molar-refractivity contribution in [2.24, 2.45) is 5.92 Å². The fourth-order valence-electron chi connectivity index (χ4n) is 1.27. The zero-order valence-corrected chi connectivity index (χ0v) is 9.79. The monoisotopic (exact) mass is 208 g/mol. The largest absolute Gasteiger partial charge is 0.478 e. The zero-order valence-electron chi connectivity index (χ0n) is 9.79. The molecule has 1 heterocycles. The lowest BCUT2D eigenvalue weighted by molar-refractivity contribution is 0.287. The predicted molar refractivity (Wildman–Crippen MR) is 63.0 cm³/mol. The highest BCUT2D eigenvalue weighted by Crippen LogP contribution is 2.15. The summed E-state index contributed by atoms with van der Waals surface area (Å²) < 4.78 is 5.50. The third-order valence-corrected chi connectivity index (χ3v) is 2.30. The van der Waals surface area contributed by atoms with Crippen LogP contribution in [0.5, 0.6) is 5.88 Å². The average Bonchev–Trinajstić information content (AvgIpc) is 2.18. The van der Waals surface area contributed by atoms with Crippen LogP contribution in [0.4, 0.5) is 5.69 Å². The molecule has 0 spiro atoms. The van der Waals surface area contributed by atoms with E-state index in [1.54, 1.807) is 12.3 Å². The van der Waals surface area contributed by atoms with Crippen molar-refractivity contribution >= 4 is 5.69 Å². The van der Waals surface area contributed by atoms with E-state index < -0.39 is 0 Å². The Morgan fingerprint density at radius 3 is 2.80 bits per heavy atom. The number of nitrogen functional groups attached to an aromatic ring is 1. The minimum Gasteiger partial charge on any atom is -0.478 e. The Balaban J connectivity index is 2.35. The van der Waals surface area contributed by atoms with Crippen LogP contribution in [0.3, 0.4) is 0 Å². The summed E-state index contributed by atoms with van der Waals surface area (Å²) in [7, 11) is 0. The maximum atomic E-state index is 5.75. The molecule has 3 heteroatoms. The first kappa shape index (κ1) is 11.8. The van der Waals surface area contributed by atoms with E-state index in [2.05, 4.69) is 18.8 Å². The summed E-state index contributed by atoms with van der Waals surface area (Å²) in [5.41, 5.74) is 7.48. The molecule has 3 nitrogen and oxygen atoms in total. The van der Waals surface area contributed by atoms with Gasteiger partial charge in [-0.3, -0.25) is 0 Å². The van der Waals surface area contributed by atoms with E-state index >= 15 is 0 Å². The molecule has 0 aromatic carbocycles. The molecule has 0 saturated heterocycles. The molecule has 0 amide bonds. The summed E-state index contributed by atoms with van der Waals surface area (Å²) in [6.07, 6.45) is 3.99. The topological polar surface area (TPSA) is 48.1 Å². The van der Waals surface area contributed by atoms with Crippen LogP contribution in [0.1, 0.15) is 32.3 Å². The lowest BCUT2D eigenvalue weighted by Crippen LogP contribution is -2.02. The molecule has 0 aliphatic carbocycles. The van der Waals surface area contributed by atoms with E-state index in [0.29, 0.717) is 12.5 Å². The van der Waals surface area contributed by atoms with Crippen molar-refractivity contribution in [3.05, 3.63) is 17.8 Å². The Morgan fingerprint density at radius 1 is 1.47 bits per heavy atom. The number of pyridine rings is 1. The molecule has 0 saturated carbocycles. The van der Waals surface area contributed by atoms with Gasteiger partial charge in [0.15, 0.2) is 0 Å². The number of aryl methyl sites for hydroxylation is 1. The van der Waals surface area contributed by atoms with E-state index in [1.165, 1.54) is 6.42 Å². The van der Waals surface area contributed by atoms with Gasteiger partial charge in [0.1, 0.15) is 0 Å². The number of ether oxygens (including phenoxy) is 1. The summed E-state index contributed by atoms with van der Waals surface area (Å²) in [4.78, 5) is 4.15. The fraction of sp³-hybridized carbons (Fsp3) is 0.583. The van der Waals surface area contributed by atoms with Gasteiger partial charge >= 0.3 is 0 Å². The highest BCUT2D eigenvalue weighted by atomic mass is 16.5. The lowest BCUT2D eigenvalue weighted by Gasteiger charge is -2.08. The van der Waals surface area contributed by atoms with E-state index in [1.807, 2.05) is 6.92 Å². The minimum atomic E-state index is 0.627. The molecule has 0 atom stereocenters. The highest BCUT2D eigenvalue weighted by Gasteiger charge is 2.00. The molecule has 0 radical (unpaired) electrons. The second-order valence-electron chi connectivity index (χ2n) is 4.26. The normalized spacial score (nSPS) is 10.7. The Bertz CT molecular complexity index is 310. The predicted octanol–water partition coefficient (Wildman–Crippen LogP) is 2.79. The van der Waals surface area contributed by atoms with Crippen molar-refractivity contribution in [1.82, 2.24) is 4.98 Å². The number of hydrogen-bond acceptors (Lipinski definition) is 3. The molecule has 1 aromatic heterocycles. The summed E-state index contributed by atoms with van der Waals surface area (Å²) in [5.74, 6) is 1.35. The molecule has 0 bridgehead atoms. The van der Waals surface area contributed by atoms with Crippen LogP contribution < -0.4 is 10.5 Å². The van der Waals surface area contributed by atoms with Crippen LogP contribution in [0.15, 0.2) is 12.3 Å². The molecule has 15 heavy (non-hydrogen) atoms. The van der Waals surface area contributed by atoms with E-state index in [0.717, 1.165) is 23.6 Å². The van der Waals surface area contributed by atoms with Crippen molar-refractivity contribution < 1.29 is 4.74 Å². The molecule has 2 N–H and O–H groups in total. The first-order valence-corrected chi connectivity index (χ1v) is 5.44. The molecule has 0 unspecified atom stereocenters. The Hall–Kier alpha value is -1.25. The van der Waals surface area contributed by atoms with Crippen molar-refractivity contribution in [3.8, 4) is 5.88 Å². The van der Waals surface area contributed by atoms with Gasteiger partial charge in [0, 0.05) is 18.0 Å². The van der Waals surface area contributed by atoms with Crippen molar-refractivity contribution in [1.29, 1.82) is 0 Å². The van der Waals surface area contributed by atoms with Gasteiger partial charge < -0.3 is 10.5 Å². The molecule has 0 aliphatic rings. The zero-order chi connectivity index (χ0) is 11.3. The van der Waals surface area contributed by atoms with E-state index in [4.69, 9.17) is 10.5 Å². The van der Waals surface area contributed by atoms with Crippen molar-refractivity contribution in [2.75, 3.05) is 12.3 Å². The molecule has 0 fully saturated rings. The van der Waals surface area contributed by atoms with Gasteiger partial charge in [-0.15, -0.1) is 0 Å². The number of nitrogens with zero attached hydrogens (tertiary/aromatic N) is 1. The van der Waals surface area contributed by atoms with E-state index in [9.17, 15) is 0 Å². The van der Waals surface area contributed by atoms with Crippen LogP contribution in [0.2, 0.25) is 0 Å². The highest BCUT2D eigenvalue weighted by molar-refractivity contribution is 5.46. The number of rotatable bonds is 5. The second-order valence-corrected chi connectivity index (χ2v) is 4.26. The van der Waals surface area contributed by atoms with Gasteiger partial charge in [-0.05, 0) is 31.2 Å². The fourth-order valence-corrected chi connectivity index (χ4v) is 1.27. The molecule has 1 rings (SSSR count). The molecule has 84 valence electrons. The van der Waals surface area contributed by atoms with Gasteiger partial charge in [0.2, 0.25) is 5.88 Å². The third-order valence-electron chi connectivity index (χ3n) is 2.30. The standard InChI is InChI=1S/C12H20N2O/c1-9(2)5-4-6-15-12-7-11(13)10(3)8-14-12/h7-9H,4-6H2,1-3H3,(H2,13,14). The van der Waals surface area contributed by atoms with Crippen molar-refractivity contribution in [2.45, 2.75) is 33.6 Å². The summed E-state index contributed by atoms with van der Waals surface area (Å²) in [5, 5.41) is 0. The summed E-state index contributed by atoms with van der Waals surface area (Å²) in [6, 6.07) is 1.78. The lowest BCUT2D eigenvalue weighted by atomic mass is 10.1. The smallest absolute Gasteiger partial charge is 0.215 e. The SMILES string of the molecule is Cc1cnc(OCCCC(C)C)cc1N. The molecule has 0 aliphatic heterocycles. The van der Waals surface area contributed by atoms with Crippen LogP contribution in [0.25, 0.3) is 0 Å². The Labute approximate surface area is 91.7 Å². The summed E-state index contributed by atoms with van der Waals surface area (Å²) >= 11 is 0. The first-order chi connectivity index (χ1) is 7.09. The van der Waals surface area contributed by atoms with Gasteiger partial charge in [-0.25, -0.2) is 4.98 Å². The summed E-state index contributed by atoms with van der Waals surface area (Å²) in [6.45, 7) is 7.07. The molecular weight excluding hydrogens is 188 g/mol. The number of hydrogen-bond donors (Lipinski definition) is 1. The Kier molecular flexibility index (Phi) is 4.40. The number of aromatic nitrogens is 1. The quantitative estimate of drug-likeness (QED) is 0.757. The van der Waals surface area contributed by atoms with Crippen LogP contribution in [0, 0.1) is 12.8 Å². The van der Waals surface area contributed by atoms with Gasteiger partial charge in [0.25, 0.3) is 0 Å². The third kappa shape index (κ3) is 4.19. The second kappa shape index (κ2) is 5.59. The minimum absolute atomic E-state index is 0.627. The van der Waals surface area contributed by atoms with Gasteiger partial charge in [-0.1, -0.05) is 13.8 Å². The molecule has 1 aromatic rings. The number of nitrogens with two attached hydrogens (primary N) is 1. The van der Waals surface area contributed by atoms with Gasteiger partial charge in [0.05, 0.1) is 6.61 Å². The van der Waals surface area contributed by atoms with Gasteiger partial charge in [-0.2, -0.15) is 0 Å². The van der Waals surface area contributed by atoms with Crippen LogP contribution in [-0.2, 0) is 0 Å². The van der Waals surface area contributed by atoms with Crippen LogP contribution in [-0.4, -0.2) is 11.6 Å². The number of anilines is 1. The maximum Gasteiger partial charge on any atom is 0.215 e. The first-order valence-electron chi connectivity index (χ1n) is 5.44. The van der Waals surface area contributed by atoms with E-state index in [-0.39, 0.29) is 0 Å². The van der Waals surface area contributed by atoms with Crippen molar-refractivity contribution in [3.63, 3.8) is 0 Å². The Morgan fingerprint density at radius 2 is 2.20 bits per heavy atom.